The average Bonchev–Trinajstić information content (AvgIpc) is 2.88. The van der Waals surface area contributed by atoms with Gasteiger partial charge in [0.2, 0.25) is 10.0 Å². The summed E-state index contributed by atoms with van der Waals surface area (Å²) in [6.07, 6.45) is 3.90. The number of sulfonamides is 1. The van der Waals surface area contributed by atoms with Crippen molar-refractivity contribution in [3.63, 3.8) is 0 Å². The van der Waals surface area contributed by atoms with E-state index in [2.05, 4.69) is 16.6 Å². The summed E-state index contributed by atoms with van der Waals surface area (Å²) >= 11 is 6.06. The standard InChI is InChI=1S/C14H17ClN2O2S/c15-13-10-11(4-3-9-16)7-8-14(13)20(18,19)17-12-5-1-2-6-12/h7-8,10,12,17H,1-2,5-6,9,16H2. The molecule has 0 bridgehead atoms. The minimum absolute atomic E-state index is 0.0211. The molecule has 108 valence electrons. The lowest BCUT2D eigenvalue weighted by Gasteiger charge is -2.13. The number of hydrogen-bond acceptors (Lipinski definition) is 3. The molecule has 20 heavy (non-hydrogen) atoms. The van der Waals surface area contributed by atoms with E-state index in [1.807, 2.05) is 0 Å². The maximum absolute atomic E-state index is 12.3. The van der Waals surface area contributed by atoms with Gasteiger partial charge in [0.05, 0.1) is 11.6 Å². The Hall–Kier alpha value is -1.06. The first-order valence-corrected chi connectivity index (χ1v) is 8.40. The first-order chi connectivity index (χ1) is 9.53. The molecule has 0 aliphatic heterocycles. The SMILES string of the molecule is NCC#Cc1ccc(S(=O)(=O)NC2CCCC2)c(Cl)c1. The van der Waals surface area contributed by atoms with Crippen molar-refractivity contribution in [2.75, 3.05) is 6.54 Å². The van der Waals surface area contributed by atoms with Gasteiger partial charge in [0.1, 0.15) is 4.90 Å². The van der Waals surface area contributed by atoms with Gasteiger partial charge in [0.15, 0.2) is 0 Å². The van der Waals surface area contributed by atoms with Crippen molar-refractivity contribution in [3.05, 3.63) is 28.8 Å². The monoisotopic (exact) mass is 312 g/mol. The predicted molar refractivity (Wildman–Crippen MR) is 80.0 cm³/mol. The van der Waals surface area contributed by atoms with Gasteiger partial charge in [-0.3, -0.25) is 0 Å². The van der Waals surface area contributed by atoms with Crippen LogP contribution in [-0.2, 0) is 10.0 Å². The van der Waals surface area contributed by atoms with Gasteiger partial charge in [-0.25, -0.2) is 13.1 Å². The predicted octanol–water partition coefficient (Wildman–Crippen LogP) is 1.87. The summed E-state index contributed by atoms with van der Waals surface area (Å²) in [6.45, 7) is 0.251. The summed E-state index contributed by atoms with van der Waals surface area (Å²) in [7, 11) is -3.57. The van der Waals surface area contributed by atoms with Gasteiger partial charge in [0.25, 0.3) is 0 Å². The fourth-order valence-electron chi connectivity index (χ4n) is 2.28. The lowest BCUT2D eigenvalue weighted by atomic mass is 10.2. The topological polar surface area (TPSA) is 72.2 Å². The van der Waals surface area contributed by atoms with Gasteiger partial charge in [-0.2, -0.15) is 0 Å². The smallest absolute Gasteiger partial charge is 0.242 e. The molecular formula is C14H17ClN2O2S. The molecule has 1 aliphatic carbocycles. The summed E-state index contributed by atoms with van der Waals surface area (Å²) < 4.78 is 27.3. The molecule has 1 saturated carbocycles. The van der Waals surface area contributed by atoms with Gasteiger partial charge < -0.3 is 5.73 Å². The second kappa shape index (κ2) is 6.59. The van der Waals surface area contributed by atoms with Gasteiger partial charge in [-0.05, 0) is 31.0 Å². The second-order valence-corrected chi connectivity index (χ2v) is 6.84. The highest BCUT2D eigenvalue weighted by Gasteiger charge is 2.24. The van der Waals surface area contributed by atoms with E-state index in [1.54, 1.807) is 12.1 Å². The number of hydrogen-bond donors (Lipinski definition) is 2. The number of nitrogens with two attached hydrogens (primary N) is 1. The molecule has 1 fully saturated rings. The van der Waals surface area contributed by atoms with Gasteiger partial charge in [-0.1, -0.05) is 36.3 Å². The third-order valence-corrected chi connectivity index (χ3v) is 5.24. The molecule has 0 aromatic heterocycles. The first kappa shape index (κ1) is 15.3. The third-order valence-electron chi connectivity index (χ3n) is 3.23. The van der Waals surface area contributed by atoms with Crippen molar-refractivity contribution >= 4 is 21.6 Å². The molecule has 0 heterocycles. The van der Waals surface area contributed by atoms with Crippen LogP contribution >= 0.6 is 11.6 Å². The average molecular weight is 313 g/mol. The van der Waals surface area contributed by atoms with Crippen LogP contribution in [0.3, 0.4) is 0 Å². The Balaban J connectivity index is 2.23. The van der Waals surface area contributed by atoms with Crippen LogP contribution in [0.5, 0.6) is 0 Å². The summed E-state index contributed by atoms with van der Waals surface area (Å²) in [4.78, 5) is 0.101. The molecule has 0 saturated heterocycles. The van der Waals surface area contributed by atoms with E-state index < -0.39 is 10.0 Å². The van der Waals surface area contributed by atoms with Gasteiger partial charge in [0, 0.05) is 11.6 Å². The Kier molecular flexibility index (Phi) is 5.06. The van der Waals surface area contributed by atoms with Crippen LogP contribution in [0.1, 0.15) is 31.2 Å². The number of benzene rings is 1. The van der Waals surface area contributed by atoms with Crippen molar-refractivity contribution in [1.82, 2.24) is 4.72 Å². The zero-order valence-electron chi connectivity index (χ0n) is 11.0. The summed E-state index contributed by atoms with van der Waals surface area (Å²) in [5.41, 5.74) is 5.95. The summed E-state index contributed by atoms with van der Waals surface area (Å²) in [5.74, 6) is 5.53. The van der Waals surface area contributed by atoms with Crippen LogP contribution in [0.15, 0.2) is 23.1 Å². The molecule has 1 aliphatic rings. The minimum atomic E-state index is -3.57. The van der Waals surface area contributed by atoms with Crippen LogP contribution in [0, 0.1) is 11.8 Å². The van der Waals surface area contributed by atoms with Crippen molar-refractivity contribution in [3.8, 4) is 11.8 Å². The highest BCUT2D eigenvalue weighted by Crippen LogP contribution is 2.25. The van der Waals surface area contributed by atoms with Gasteiger partial charge >= 0.3 is 0 Å². The zero-order chi connectivity index (χ0) is 14.6. The lowest BCUT2D eigenvalue weighted by molar-refractivity contribution is 0.552. The van der Waals surface area contributed by atoms with Crippen molar-refractivity contribution in [2.24, 2.45) is 5.73 Å². The molecule has 2 rings (SSSR count). The molecule has 6 heteroatoms. The van der Waals surface area contributed by atoms with Crippen molar-refractivity contribution in [2.45, 2.75) is 36.6 Å². The Morgan fingerprint density at radius 2 is 2.05 bits per heavy atom. The maximum atomic E-state index is 12.3. The fraction of sp³-hybridized carbons (Fsp3) is 0.429. The van der Waals surface area contributed by atoms with Crippen molar-refractivity contribution in [1.29, 1.82) is 0 Å². The molecule has 0 atom stereocenters. The molecule has 1 aromatic carbocycles. The first-order valence-electron chi connectivity index (χ1n) is 6.54. The normalized spacial score (nSPS) is 15.9. The van der Waals surface area contributed by atoms with Crippen LogP contribution in [0.25, 0.3) is 0 Å². The quantitative estimate of drug-likeness (QED) is 0.837. The van der Waals surface area contributed by atoms with E-state index in [-0.39, 0.29) is 22.5 Å². The van der Waals surface area contributed by atoms with Crippen molar-refractivity contribution < 1.29 is 8.42 Å². The van der Waals surface area contributed by atoms with Crippen LogP contribution in [0.2, 0.25) is 5.02 Å². The van der Waals surface area contributed by atoms with E-state index in [1.165, 1.54) is 6.07 Å². The largest absolute Gasteiger partial charge is 0.320 e. The highest BCUT2D eigenvalue weighted by molar-refractivity contribution is 7.89. The summed E-state index contributed by atoms with van der Waals surface area (Å²) in [6, 6.07) is 4.69. The Morgan fingerprint density at radius 3 is 2.65 bits per heavy atom. The number of halogens is 1. The third kappa shape index (κ3) is 3.74. The minimum Gasteiger partial charge on any atom is -0.320 e. The van der Waals surface area contributed by atoms with E-state index in [4.69, 9.17) is 17.3 Å². The Bertz CT molecular complexity index is 641. The zero-order valence-corrected chi connectivity index (χ0v) is 12.6. The molecule has 0 spiro atoms. The summed E-state index contributed by atoms with van der Waals surface area (Å²) in [5, 5.41) is 0.180. The number of nitrogens with one attached hydrogen (secondary N) is 1. The van der Waals surface area contributed by atoms with E-state index in [0.717, 1.165) is 25.7 Å². The molecule has 0 radical (unpaired) electrons. The molecule has 0 amide bonds. The van der Waals surface area contributed by atoms with Crippen LogP contribution < -0.4 is 10.5 Å². The Morgan fingerprint density at radius 1 is 1.35 bits per heavy atom. The molecular weight excluding hydrogens is 296 g/mol. The molecule has 3 N–H and O–H groups in total. The molecule has 1 aromatic rings. The highest BCUT2D eigenvalue weighted by atomic mass is 35.5. The van der Waals surface area contributed by atoms with E-state index in [0.29, 0.717) is 5.56 Å². The maximum Gasteiger partial charge on any atom is 0.242 e. The van der Waals surface area contributed by atoms with Crippen LogP contribution in [-0.4, -0.2) is 21.0 Å². The van der Waals surface area contributed by atoms with Crippen LogP contribution in [0.4, 0.5) is 0 Å². The molecule has 4 nitrogen and oxygen atoms in total. The van der Waals surface area contributed by atoms with Gasteiger partial charge in [-0.15, -0.1) is 0 Å². The number of rotatable bonds is 3. The lowest BCUT2D eigenvalue weighted by Crippen LogP contribution is -2.32. The Labute approximate surface area is 124 Å². The van der Waals surface area contributed by atoms with E-state index >= 15 is 0 Å². The molecule has 0 unspecified atom stereocenters. The second-order valence-electron chi connectivity index (χ2n) is 4.75. The fourth-order valence-corrected chi connectivity index (χ4v) is 4.13. The van der Waals surface area contributed by atoms with E-state index in [9.17, 15) is 8.42 Å².